The van der Waals surface area contributed by atoms with E-state index in [0.717, 1.165) is 0 Å². The van der Waals surface area contributed by atoms with Crippen LogP contribution in [0.15, 0.2) is 0 Å². The molecule has 0 unspecified atom stereocenters. The molecule has 0 spiro atoms. The van der Waals surface area contributed by atoms with E-state index in [1.807, 2.05) is 0 Å². The fraction of sp³-hybridized carbons (Fsp3) is 0. The molecule has 0 aliphatic carbocycles. The fourth-order valence-electron chi connectivity index (χ4n) is 0. The summed E-state index contributed by atoms with van der Waals surface area (Å²) in [5, 5.41) is 0. The molecule has 0 saturated heterocycles. The van der Waals surface area contributed by atoms with Gasteiger partial charge in [0.15, 0.2) is 17.4 Å². The van der Waals surface area contributed by atoms with E-state index in [-0.39, 0.29) is 47.2 Å². The second kappa shape index (κ2) is 34.2. The molecule has 0 bridgehead atoms. The molecular formula is H8AlLiO2. The molecule has 0 aromatic carbocycles. The van der Waals surface area contributed by atoms with Crippen LogP contribution in [0.4, 0.5) is 0 Å². The Bertz CT molecular complexity index is 6.00. The van der Waals surface area contributed by atoms with Gasteiger partial charge in [0.05, 0.1) is 0 Å². The van der Waals surface area contributed by atoms with Gasteiger partial charge < -0.3 is 11.0 Å². The first-order valence-electron chi connectivity index (χ1n) is 0. The number of hydrogen-bond acceptors (Lipinski definition) is 0. The zero-order chi connectivity index (χ0) is 0. The van der Waals surface area contributed by atoms with Crippen LogP contribution >= 0.6 is 0 Å². The normalized spacial score (nSPS) is 0. The summed E-state index contributed by atoms with van der Waals surface area (Å²) in [6.45, 7) is 0. The fourth-order valence-corrected chi connectivity index (χ4v) is 0. The maximum absolute atomic E-state index is 0. The molecule has 0 fully saturated rings. The van der Waals surface area contributed by atoms with Crippen molar-refractivity contribution in [2.45, 2.75) is 0 Å². The van der Waals surface area contributed by atoms with E-state index in [2.05, 4.69) is 0 Å². The standard InChI is InChI=1S/Al.Li.2H2O.4H/h;;2*1H2;;;;. The summed E-state index contributed by atoms with van der Waals surface area (Å²) < 4.78 is 0. The summed E-state index contributed by atoms with van der Waals surface area (Å²) >= 11 is 0. The Morgan fingerprint density at radius 2 is 0.750 bits per heavy atom. The van der Waals surface area contributed by atoms with Gasteiger partial charge in [-0.3, -0.25) is 0 Å². The van der Waals surface area contributed by atoms with E-state index in [4.69, 9.17) is 0 Å². The van der Waals surface area contributed by atoms with Crippen LogP contribution < -0.4 is 0 Å². The van der Waals surface area contributed by atoms with Crippen molar-refractivity contribution in [1.29, 1.82) is 0 Å². The quantitative estimate of drug-likeness (QED) is 0.268. The van der Waals surface area contributed by atoms with E-state index < -0.39 is 0 Å². The van der Waals surface area contributed by atoms with Gasteiger partial charge in [-0.15, -0.1) is 0 Å². The first-order valence-corrected chi connectivity index (χ1v) is 0. The van der Waals surface area contributed by atoms with Crippen LogP contribution in [0.25, 0.3) is 0 Å². The van der Waals surface area contributed by atoms with Crippen LogP contribution in [-0.4, -0.2) is 47.2 Å². The SMILES string of the molecule is O.O.[AlH3].[LiH]. The summed E-state index contributed by atoms with van der Waals surface area (Å²) in [5.41, 5.74) is 0. The summed E-state index contributed by atoms with van der Waals surface area (Å²) in [7, 11) is 0. The van der Waals surface area contributed by atoms with Gasteiger partial charge in [-0.1, -0.05) is 0 Å². The molecule has 0 atom stereocenters. The number of rotatable bonds is 0. The van der Waals surface area contributed by atoms with Gasteiger partial charge in [-0.05, 0) is 0 Å². The molecule has 0 rings (SSSR count). The first-order chi connectivity index (χ1) is 0. The van der Waals surface area contributed by atoms with E-state index in [1.165, 1.54) is 0 Å². The van der Waals surface area contributed by atoms with Gasteiger partial charge in [0.1, 0.15) is 0 Å². The van der Waals surface area contributed by atoms with Crippen molar-refractivity contribution in [3.63, 3.8) is 0 Å². The maximum atomic E-state index is 0. The molecule has 4 heavy (non-hydrogen) atoms. The number of hydrogen-bond donors (Lipinski definition) is 0. The van der Waals surface area contributed by atoms with Gasteiger partial charge in [-0.2, -0.15) is 0 Å². The monoisotopic (exact) mass is 74.0 g/mol. The Balaban J connectivity index is 0. The third-order valence-electron chi connectivity index (χ3n) is 0. The molecule has 0 saturated carbocycles. The Morgan fingerprint density at radius 3 is 0.750 bits per heavy atom. The molecule has 2 nitrogen and oxygen atoms in total. The molecule has 24 valence electrons. The molecule has 0 amide bonds. The summed E-state index contributed by atoms with van der Waals surface area (Å²) in [6, 6.07) is 0. The van der Waals surface area contributed by atoms with Crippen LogP contribution in [0.1, 0.15) is 0 Å². The third kappa shape index (κ3) is 11.6. The summed E-state index contributed by atoms with van der Waals surface area (Å²) in [5.74, 6) is 0. The van der Waals surface area contributed by atoms with Gasteiger partial charge >= 0.3 is 18.9 Å². The average Bonchev–Trinajstić information content (AvgIpc) is 0. The zero-order valence-electron chi connectivity index (χ0n) is 1.00. The molecule has 0 aliphatic heterocycles. The Morgan fingerprint density at radius 1 is 0.750 bits per heavy atom. The van der Waals surface area contributed by atoms with Crippen LogP contribution in [-0.2, 0) is 0 Å². The summed E-state index contributed by atoms with van der Waals surface area (Å²) in [4.78, 5) is 0. The average molecular weight is 74.0 g/mol. The van der Waals surface area contributed by atoms with Crippen molar-refractivity contribution >= 4 is 36.2 Å². The van der Waals surface area contributed by atoms with Gasteiger partial charge in [-0.25, -0.2) is 0 Å². The van der Waals surface area contributed by atoms with Crippen molar-refractivity contribution in [1.82, 2.24) is 0 Å². The predicted molar refractivity (Wildman–Crippen MR) is 24.3 cm³/mol. The topological polar surface area (TPSA) is 63.0 Å². The molecule has 4 N–H and O–H groups in total. The van der Waals surface area contributed by atoms with Crippen LogP contribution in [0.2, 0.25) is 0 Å². The van der Waals surface area contributed by atoms with Crippen molar-refractivity contribution in [3.05, 3.63) is 0 Å². The van der Waals surface area contributed by atoms with Crippen molar-refractivity contribution in [2.24, 2.45) is 0 Å². The minimum atomic E-state index is 0. The van der Waals surface area contributed by atoms with E-state index in [0.29, 0.717) is 0 Å². The molecule has 0 aliphatic rings. The Kier molecular flexibility index (Phi) is 642. The van der Waals surface area contributed by atoms with E-state index in [9.17, 15) is 0 Å². The molecular weight excluding hydrogens is 65.9 g/mol. The predicted octanol–water partition coefficient (Wildman–Crippen LogP) is -3.48. The second-order valence-electron chi connectivity index (χ2n) is 0. The molecule has 0 radical (unpaired) electrons. The minimum absolute atomic E-state index is 0. The van der Waals surface area contributed by atoms with Crippen LogP contribution in [0, 0.1) is 0 Å². The molecule has 0 heterocycles. The second-order valence-corrected chi connectivity index (χ2v) is 0. The van der Waals surface area contributed by atoms with Gasteiger partial charge in [0, 0.05) is 0 Å². The van der Waals surface area contributed by atoms with E-state index in [1.54, 1.807) is 0 Å². The molecule has 0 aromatic rings. The van der Waals surface area contributed by atoms with Crippen molar-refractivity contribution < 1.29 is 11.0 Å². The first kappa shape index (κ1) is 75.1. The van der Waals surface area contributed by atoms with E-state index >= 15 is 0 Å². The van der Waals surface area contributed by atoms with Crippen molar-refractivity contribution in [3.8, 4) is 0 Å². The third-order valence-corrected chi connectivity index (χ3v) is 0. The van der Waals surface area contributed by atoms with Gasteiger partial charge in [0.25, 0.3) is 0 Å². The zero-order valence-corrected chi connectivity index (χ0v) is 1.00. The van der Waals surface area contributed by atoms with Gasteiger partial charge in [0.2, 0.25) is 0 Å². The van der Waals surface area contributed by atoms with Crippen LogP contribution in [0.5, 0.6) is 0 Å². The molecule has 0 aromatic heterocycles. The van der Waals surface area contributed by atoms with Crippen LogP contribution in [0.3, 0.4) is 0 Å². The Hall–Kier alpha value is 1.05. The Labute approximate surface area is 47.5 Å². The summed E-state index contributed by atoms with van der Waals surface area (Å²) in [6.07, 6.45) is 0. The molecule has 4 heteroatoms. The van der Waals surface area contributed by atoms with Crippen molar-refractivity contribution in [2.75, 3.05) is 0 Å².